The molecule has 4 nitrogen and oxygen atoms in total. The van der Waals surface area contributed by atoms with Crippen LogP contribution in [0, 0.1) is 0 Å². The molecule has 2 heterocycles. The van der Waals surface area contributed by atoms with E-state index in [4.69, 9.17) is 26.2 Å². The normalized spacial score (nSPS) is 18.9. The second kappa shape index (κ2) is 9.69. The average molecular weight is 591 g/mol. The highest BCUT2D eigenvalue weighted by Crippen LogP contribution is 2.51. The van der Waals surface area contributed by atoms with Crippen molar-refractivity contribution < 1.29 is 9.47 Å². The number of fused-ring (bicyclic) bond motifs is 3. The molecular formula is C26H23Br2ClN2O2. The van der Waals surface area contributed by atoms with Gasteiger partial charge in [-0.2, -0.15) is 5.10 Å². The van der Waals surface area contributed by atoms with Gasteiger partial charge in [0.25, 0.3) is 0 Å². The fourth-order valence-electron chi connectivity index (χ4n) is 4.21. The molecule has 2 atom stereocenters. The minimum absolute atomic E-state index is 0.0682. The van der Waals surface area contributed by atoms with E-state index < -0.39 is 0 Å². The van der Waals surface area contributed by atoms with Gasteiger partial charge in [-0.15, -0.1) is 0 Å². The molecule has 0 saturated carbocycles. The monoisotopic (exact) mass is 588 g/mol. The van der Waals surface area contributed by atoms with Crippen molar-refractivity contribution in [1.29, 1.82) is 0 Å². The van der Waals surface area contributed by atoms with E-state index in [-0.39, 0.29) is 12.3 Å². The van der Waals surface area contributed by atoms with Gasteiger partial charge < -0.3 is 9.47 Å². The topological polar surface area (TPSA) is 34.1 Å². The Hall–Kier alpha value is -2.02. The van der Waals surface area contributed by atoms with E-state index in [1.807, 2.05) is 42.5 Å². The number of hydrogen-bond acceptors (Lipinski definition) is 4. The van der Waals surface area contributed by atoms with Crippen molar-refractivity contribution in [3.63, 3.8) is 0 Å². The third-order valence-electron chi connectivity index (χ3n) is 5.92. The lowest BCUT2D eigenvalue weighted by molar-refractivity contribution is -0.0197. The van der Waals surface area contributed by atoms with Crippen LogP contribution in [-0.4, -0.2) is 17.3 Å². The van der Waals surface area contributed by atoms with Crippen LogP contribution in [0.25, 0.3) is 0 Å². The smallest absolute Gasteiger partial charge is 0.213 e. The molecule has 3 aromatic carbocycles. The maximum absolute atomic E-state index is 6.55. The first-order valence-electron chi connectivity index (χ1n) is 11.0. The number of rotatable bonds is 6. The van der Waals surface area contributed by atoms with Crippen LogP contribution in [-0.2, 0) is 0 Å². The van der Waals surface area contributed by atoms with Crippen molar-refractivity contribution in [2.75, 3.05) is 6.61 Å². The zero-order valence-electron chi connectivity index (χ0n) is 18.1. The fraction of sp³-hybridized carbons (Fsp3) is 0.269. The quantitative estimate of drug-likeness (QED) is 0.271. The summed E-state index contributed by atoms with van der Waals surface area (Å²) in [4.78, 5) is 0. The van der Waals surface area contributed by atoms with Crippen molar-refractivity contribution in [1.82, 2.24) is 5.01 Å². The lowest BCUT2D eigenvalue weighted by atomic mass is 9.96. The van der Waals surface area contributed by atoms with Crippen molar-refractivity contribution >= 4 is 49.2 Å². The molecule has 2 aliphatic rings. The summed E-state index contributed by atoms with van der Waals surface area (Å²) in [6.45, 7) is 2.89. The van der Waals surface area contributed by atoms with Gasteiger partial charge in [0.05, 0.1) is 22.8 Å². The summed E-state index contributed by atoms with van der Waals surface area (Å²) in [5, 5.41) is 7.83. The lowest BCUT2D eigenvalue weighted by Gasteiger charge is -2.38. The Morgan fingerprint density at radius 1 is 1.09 bits per heavy atom. The predicted molar refractivity (Wildman–Crippen MR) is 139 cm³/mol. The van der Waals surface area contributed by atoms with Gasteiger partial charge in [-0.1, -0.05) is 53.0 Å². The largest absolute Gasteiger partial charge is 0.494 e. The molecule has 0 aliphatic carbocycles. The van der Waals surface area contributed by atoms with Crippen LogP contribution in [0.5, 0.6) is 11.5 Å². The minimum atomic E-state index is -0.338. The van der Waals surface area contributed by atoms with E-state index in [0.29, 0.717) is 0 Å². The summed E-state index contributed by atoms with van der Waals surface area (Å²) in [5.74, 6) is 1.73. The number of unbranched alkanes of at least 4 members (excludes halogenated alkanes) is 1. The summed E-state index contributed by atoms with van der Waals surface area (Å²) < 4.78 is 14.3. The van der Waals surface area contributed by atoms with E-state index in [2.05, 4.69) is 62.0 Å². The molecule has 0 N–H and O–H groups in total. The van der Waals surface area contributed by atoms with Gasteiger partial charge in [-0.05, 0) is 76.4 Å². The zero-order chi connectivity index (χ0) is 22.9. The van der Waals surface area contributed by atoms with E-state index in [9.17, 15) is 0 Å². The predicted octanol–water partition coefficient (Wildman–Crippen LogP) is 8.29. The van der Waals surface area contributed by atoms with Gasteiger partial charge in [0.2, 0.25) is 6.23 Å². The SMILES string of the molecule is CCCCOc1ccc([C@H]2Oc3c(Br)cc(Br)cc3[C@H]3CC(c4ccc(Cl)cc4)=NN32)cc1. The number of hydrazone groups is 1. The maximum atomic E-state index is 6.55. The fourth-order valence-corrected chi connectivity index (χ4v) is 5.69. The molecule has 5 rings (SSSR count). The van der Waals surface area contributed by atoms with E-state index >= 15 is 0 Å². The Labute approximate surface area is 215 Å². The number of nitrogens with zero attached hydrogens (tertiary/aromatic N) is 2. The first-order chi connectivity index (χ1) is 16.0. The van der Waals surface area contributed by atoms with Crippen LogP contribution in [0.2, 0.25) is 5.02 Å². The van der Waals surface area contributed by atoms with Crippen LogP contribution >= 0.6 is 43.5 Å². The number of hydrogen-bond donors (Lipinski definition) is 0. The standard InChI is InChI=1S/C26H23Br2ClN2O2/c1-2-3-12-32-20-10-6-17(7-11-20)26-31-24(21-13-18(27)14-22(28)25(21)33-26)15-23(30-31)16-4-8-19(29)9-5-16/h4-11,13-14,24,26H,2-3,12,15H2,1H3/t24-,26-/m1/s1. The molecule has 33 heavy (non-hydrogen) atoms. The van der Waals surface area contributed by atoms with Crippen LogP contribution < -0.4 is 9.47 Å². The van der Waals surface area contributed by atoms with E-state index in [1.54, 1.807) is 0 Å². The Bertz CT molecular complexity index is 1180. The number of benzene rings is 3. The van der Waals surface area contributed by atoms with Gasteiger partial charge >= 0.3 is 0 Å². The lowest BCUT2D eigenvalue weighted by Crippen LogP contribution is -2.33. The van der Waals surface area contributed by atoms with Crippen LogP contribution in [0.3, 0.4) is 0 Å². The molecule has 0 unspecified atom stereocenters. The second-order valence-electron chi connectivity index (χ2n) is 8.20. The van der Waals surface area contributed by atoms with Gasteiger partial charge in [-0.25, -0.2) is 5.01 Å². The first kappa shape index (κ1) is 22.8. The Balaban J connectivity index is 1.51. The van der Waals surface area contributed by atoms with Gasteiger partial charge in [0.15, 0.2) is 0 Å². The number of ether oxygens (including phenoxy) is 2. The zero-order valence-corrected chi connectivity index (χ0v) is 22.0. The number of halogens is 3. The Kier molecular flexibility index (Phi) is 6.68. The molecule has 3 aromatic rings. The van der Waals surface area contributed by atoms with Crippen molar-refractivity contribution in [2.24, 2.45) is 5.10 Å². The molecule has 0 saturated heterocycles. The van der Waals surface area contributed by atoms with Gasteiger partial charge in [-0.3, -0.25) is 0 Å². The molecule has 0 aromatic heterocycles. The molecule has 7 heteroatoms. The summed E-state index contributed by atoms with van der Waals surface area (Å²) >= 11 is 13.4. The molecule has 0 spiro atoms. The molecular weight excluding hydrogens is 568 g/mol. The molecule has 0 amide bonds. The third kappa shape index (κ3) is 4.66. The molecule has 0 bridgehead atoms. The summed E-state index contributed by atoms with van der Waals surface area (Å²) in [6, 6.07) is 20.2. The summed E-state index contributed by atoms with van der Waals surface area (Å²) in [5.41, 5.74) is 4.24. The van der Waals surface area contributed by atoms with Crippen molar-refractivity contribution in [2.45, 2.75) is 38.5 Å². The van der Waals surface area contributed by atoms with Crippen LogP contribution in [0.15, 0.2) is 74.7 Å². The van der Waals surface area contributed by atoms with Gasteiger partial charge in [0, 0.05) is 27.0 Å². The Morgan fingerprint density at radius 3 is 2.58 bits per heavy atom. The second-order valence-corrected chi connectivity index (χ2v) is 10.4. The highest BCUT2D eigenvalue weighted by molar-refractivity contribution is 9.11. The Morgan fingerprint density at radius 2 is 1.85 bits per heavy atom. The first-order valence-corrected chi connectivity index (χ1v) is 13.0. The van der Waals surface area contributed by atoms with Crippen molar-refractivity contribution in [3.05, 3.63) is 91.3 Å². The highest BCUT2D eigenvalue weighted by atomic mass is 79.9. The third-order valence-corrected chi connectivity index (χ3v) is 7.22. The minimum Gasteiger partial charge on any atom is -0.494 e. The van der Waals surface area contributed by atoms with Crippen LogP contribution in [0.4, 0.5) is 0 Å². The molecule has 0 radical (unpaired) electrons. The highest BCUT2D eigenvalue weighted by Gasteiger charge is 2.42. The summed E-state index contributed by atoms with van der Waals surface area (Å²) in [6.07, 6.45) is 2.61. The molecule has 2 aliphatic heterocycles. The molecule has 170 valence electrons. The van der Waals surface area contributed by atoms with Crippen LogP contribution in [0.1, 0.15) is 55.1 Å². The van der Waals surface area contributed by atoms with Gasteiger partial charge in [0.1, 0.15) is 11.5 Å². The molecule has 0 fully saturated rings. The summed E-state index contributed by atoms with van der Waals surface area (Å²) in [7, 11) is 0. The van der Waals surface area contributed by atoms with E-state index in [0.717, 1.165) is 73.7 Å². The maximum Gasteiger partial charge on any atom is 0.213 e. The average Bonchev–Trinajstić information content (AvgIpc) is 3.26. The van der Waals surface area contributed by atoms with Crippen molar-refractivity contribution in [3.8, 4) is 11.5 Å². The van der Waals surface area contributed by atoms with E-state index in [1.165, 1.54) is 0 Å².